The third kappa shape index (κ3) is 3.93. The number of hydrogen-bond acceptors (Lipinski definition) is 7. The van der Waals surface area contributed by atoms with Crippen molar-refractivity contribution in [3.05, 3.63) is 48.5 Å². The Bertz CT molecular complexity index is 1200. The number of H-pyrrole nitrogens is 1. The Kier molecular flexibility index (Phi) is 5.41. The predicted molar refractivity (Wildman–Crippen MR) is 111 cm³/mol. The van der Waals surface area contributed by atoms with Gasteiger partial charge in [0.1, 0.15) is 5.52 Å². The van der Waals surface area contributed by atoms with Crippen LogP contribution in [0.2, 0.25) is 0 Å². The van der Waals surface area contributed by atoms with Crippen LogP contribution in [-0.4, -0.2) is 37.6 Å². The highest BCUT2D eigenvalue weighted by molar-refractivity contribution is 8.00. The van der Waals surface area contributed by atoms with E-state index in [1.165, 1.54) is 23.5 Å². The summed E-state index contributed by atoms with van der Waals surface area (Å²) in [5.41, 5.74) is 3.01. The fraction of sp³-hybridized carbons (Fsp3) is 0.105. The van der Waals surface area contributed by atoms with Crippen molar-refractivity contribution in [1.29, 1.82) is 5.26 Å². The van der Waals surface area contributed by atoms with Crippen LogP contribution in [0.25, 0.3) is 22.1 Å². The van der Waals surface area contributed by atoms with Gasteiger partial charge in [0, 0.05) is 15.8 Å². The molecule has 0 aliphatic carbocycles. The van der Waals surface area contributed by atoms with Crippen molar-refractivity contribution in [2.24, 2.45) is 0 Å². The van der Waals surface area contributed by atoms with Gasteiger partial charge in [-0.15, -0.1) is 22.0 Å². The number of aromatic amines is 1. The number of carbonyl (C=O) groups is 1. The van der Waals surface area contributed by atoms with E-state index in [0.29, 0.717) is 27.8 Å². The number of hydrogen-bond donors (Lipinski definition) is 2. The molecule has 0 aliphatic heterocycles. The van der Waals surface area contributed by atoms with Gasteiger partial charge in [0.05, 0.1) is 23.3 Å². The average Bonchev–Trinajstić information content (AvgIpc) is 3.09. The lowest BCUT2D eigenvalue weighted by atomic mass is 10.2. The molecule has 0 saturated carbocycles. The van der Waals surface area contributed by atoms with Gasteiger partial charge < -0.3 is 10.3 Å². The Morgan fingerprint density at radius 3 is 2.82 bits per heavy atom. The number of aromatic nitrogens is 4. The van der Waals surface area contributed by atoms with E-state index in [2.05, 4.69) is 31.6 Å². The second-order valence-corrected chi connectivity index (χ2v) is 7.70. The molecule has 0 radical (unpaired) electrons. The molecular weight excluding hydrogens is 392 g/mol. The number of amides is 1. The fourth-order valence-electron chi connectivity index (χ4n) is 2.69. The van der Waals surface area contributed by atoms with Crippen molar-refractivity contribution in [3.8, 4) is 6.07 Å². The zero-order valence-electron chi connectivity index (χ0n) is 14.5. The minimum atomic E-state index is -0.171. The van der Waals surface area contributed by atoms with Crippen LogP contribution in [0.3, 0.4) is 0 Å². The number of fused-ring (bicyclic) bond motifs is 3. The Balaban J connectivity index is 1.44. The van der Waals surface area contributed by atoms with E-state index < -0.39 is 0 Å². The Hall–Kier alpha value is -3.09. The van der Waals surface area contributed by atoms with Crippen molar-refractivity contribution >= 4 is 57.2 Å². The van der Waals surface area contributed by atoms with E-state index in [4.69, 9.17) is 5.26 Å². The lowest BCUT2D eigenvalue weighted by molar-refractivity contribution is -0.113. The van der Waals surface area contributed by atoms with Gasteiger partial charge in [0.15, 0.2) is 5.65 Å². The molecule has 2 aromatic heterocycles. The van der Waals surface area contributed by atoms with Gasteiger partial charge in [-0.1, -0.05) is 42.1 Å². The third-order valence-corrected chi connectivity index (χ3v) is 5.67. The number of nitrogens with one attached hydrogen (secondary N) is 2. The topological polar surface area (TPSA) is 107 Å². The maximum atomic E-state index is 12.3. The lowest BCUT2D eigenvalue weighted by Gasteiger charge is -2.09. The van der Waals surface area contributed by atoms with E-state index >= 15 is 0 Å². The van der Waals surface area contributed by atoms with Crippen LogP contribution in [0, 0.1) is 11.3 Å². The molecule has 7 nitrogen and oxygen atoms in total. The van der Waals surface area contributed by atoms with Gasteiger partial charge in [0.25, 0.3) is 0 Å². The summed E-state index contributed by atoms with van der Waals surface area (Å²) in [5, 5.41) is 21.4. The van der Waals surface area contributed by atoms with Crippen LogP contribution < -0.4 is 5.32 Å². The van der Waals surface area contributed by atoms with Gasteiger partial charge in [0.2, 0.25) is 11.1 Å². The molecule has 28 heavy (non-hydrogen) atoms. The van der Waals surface area contributed by atoms with Crippen LogP contribution in [0.4, 0.5) is 5.69 Å². The SMILES string of the molecule is N#CCSc1ccccc1NC(=O)CSc1nnc2c(n1)[nH]c1ccccc12. The number of nitrogens with zero attached hydrogens (tertiary/aromatic N) is 4. The predicted octanol–water partition coefficient (Wildman–Crippen LogP) is 3.85. The zero-order chi connectivity index (χ0) is 19.3. The maximum absolute atomic E-state index is 12.3. The number of carbonyl (C=O) groups excluding carboxylic acids is 1. The molecule has 0 unspecified atom stereocenters. The monoisotopic (exact) mass is 406 g/mol. The number of benzene rings is 2. The van der Waals surface area contributed by atoms with Crippen LogP contribution in [0.1, 0.15) is 0 Å². The largest absolute Gasteiger partial charge is 0.338 e. The van der Waals surface area contributed by atoms with Crippen molar-refractivity contribution in [1.82, 2.24) is 20.2 Å². The van der Waals surface area contributed by atoms with Gasteiger partial charge in [-0.25, -0.2) is 4.98 Å². The molecule has 1 amide bonds. The normalized spacial score (nSPS) is 10.8. The molecule has 0 fully saturated rings. The smallest absolute Gasteiger partial charge is 0.234 e. The average molecular weight is 406 g/mol. The van der Waals surface area contributed by atoms with Crippen molar-refractivity contribution in [3.63, 3.8) is 0 Å². The summed E-state index contributed by atoms with van der Waals surface area (Å²) in [5.74, 6) is 0.311. The summed E-state index contributed by atoms with van der Waals surface area (Å²) in [6, 6.07) is 17.3. The number of nitriles is 1. The number of para-hydroxylation sites is 2. The lowest BCUT2D eigenvalue weighted by Crippen LogP contribution is -2.15. The first kappa shape index (κ1) is 18.3. The molecule has 0 saturated heterocycles. The standard InChI is InChI=1S/C19H14N6OS2/c20-9-10-27-15-8-4-3-7-14(15)21-16(26)11-28-19-23-18-17(24-25-19)12-5-1-2-6-13(12)22-18/h1-8H,10-11H2,(H,21,26)(H,22,23,25). The fourth-order valence-corrected chi connectivity index (χ4v) is 3.95. The van der Waals surface area contributed by atoms with Crippen molar-refractivity contribution < 1.29 is 4.79 Å². The summed E-state index contributed by atoms with van der Waals surface area (Å²) in [4.78, 5) is 20.9. The summed E-state index contributed by atoms with van der Waals surface area (Å²) >= 11 is 2.61. The number of thioether (sulfide) groups is 2. The first-order valence-electron chi connectivity index (χ1n) is 8.37. The molecule has 0 bridgehead atoms. The van der Waals surface area contributed by atoms with Gasteiger partial charge >= 0.3 is 0 Å². The van der Waals surface area contributed by atoms with Crippen molar-refractivity contribution in [2.45, 2.75) is 10.1 Å². The van der Waals surface area contributed by atoms with Crippen LogP contribution in [0.15, 0.2) is 58.6 Å². The van der Waals surface area contributed by atoms with Gasteiger partial charge in [-0.3, -0.25) is 4.79 Å². The van der Waals surface area contributed by atoms with Gasteiger partial charge in [-0.2, -0.15) is 5.26 Å². The molecule has 0 spiro atoms. The minimum absolute atomic E-state index is 0.157. The molecule has 2 N–H and O–H groups in total. The van der Waals surface area contributed by atoms with E-state index in [0.717, 1.165) is 15.8 Å². The summed E-state index contributed by atoms with van der Waals surface area (Å²) in [7, 11) is 0. The number of rotatable bonds is 6. The highest BCUT2D eigenvalue weighted by atomic mass is 32.2. The highest BCUT2D eigenvalue weighted by Gasteiger charge is 2.12. The maximum Gasteiger partial charge on any atom is 0.234 e. The quantitative estimate of drug-likeness (QED) is 0.468. The molecule has 0 aliphatic rings. The Morgan fingerprint density at radius 2 is 1.93 bits per heavy atom. The summed E-state index contributed by atoms with van der Waals surface area (Å²) in [6.07, 6.45) is 0. The first-order valence-corrected chi connectivity index (χ1v) is 10.3. The molecule has 2 aromatic carbocycles. The second-order valence-electron chi connectivity index (χ2n) is 5.74. The summed E-state index contributed by atoms with van der Waals surface area (Å²) in [6.45, 7) is 0. The Morgan fingerprint density at radius 1 is 1.11 bits per heavy atom. The Labute approximate surface area is 168 Å². The van der Waals surface area contributed by atoms with E-state index in [1.807, 2.05) is 48.5 Å². The molecule has 138 valence electrons. The minimum Gasteiger partial charge on any atom is -0.338 e. The second kappa shape index (κ2) is 8.29. The van der Waals surface area contributed by atoms with E-state index in [1.54, 1.807) is 0 Å². The van der Waals surface area contributed by atoms with E-state index in [-0.39, 0.29) is 11.7 Å². The summed E-state index contributed by atoms with van der Waals surface area (Å²) < 4.78 is 0. The highest BCUT2D eigenvalue weighted by Crippen LogP contribution is 2.27. The molecule has 9 heteroatoms. The third-order valence-electron chi connectivity index (χ3n) is 3.89. The molecule has 0 atom stereocenters. The van der Waals surface area contributed by atoms with Crippen molar-refractivity contribution in [2.75, 3.05) is 16.8 Å². The first-order chi connectivity index (χ1) is 13.7. The zero-order valence-corrected chi connectivity index (χ0v) is 16.2. The molecule has 4 aromatic rings. The van der Waals surface area contributed by atoms with E-state index in [9.17, 15) is 4.79 Å². The number of anilines is 1. The molecule has 2 heterocycles. The van der Waals surface area contributed by atoms with Crippen LogP contribution in [0.5, 0.6) is 0 Å². The van der Waals surface area contributed by atoms with Gasteiger partial charge in [-0.05, 0) is 18.2 Å². The molecule has 4 rings (SSSR count). The van der Waals surface area contributed by atoms with Crippen LogP contribution >= 0.6 is 23.5 Å². The molecular formula is C19H14N6OS2. The van der Waals surface area contributed by atoms with Crippen LogP contribution in [-0.2, 0) is 4.79 Å².